The quantitative estimate of drug-likeness (QED) is 0.847. The number of hydrogen-bond donors (Lipinski definition) is 1. The first-order chi connectivity index (χ1) is 9.31. The van der Waals surface area contributed by atoms with Crippen molar-refractivity contribution in [1.29, 1.82) is 0 Å². The van der Waals surface area contributed by atoms with Gasteiger partial charge in [-0.2, -0.15) is 0 Å². The fourth-order valence-corrected chi connectivity index (χ4v) is 3.41. The average molecular weight is 282 g/mol. The summed E-state index contributed by atoms with van der Waals surface area (Å²) < 4.78 is 0. The van der Waals surface area contributed by atoms with Gasteiger partial charge in [0.25, 0.3) is 0 Å². The van der Waals surface area contributed by atoms with E-state index in [0.29, 0.717) is 19.0 Å². The molecule has 5 nitrogen and oxygen atoms in total. The van der Waals surface area contributed by atoms with Gasteiger partial charge < -0.3 is 14.9 Å². The first-order valence-corrected chi connectivity index (χ1v) is 7.52. The Balaban J connectivity index is 2.07. The molecule has 0 aromatic rings. The Morgan fingerprint density at radius 1 is 1.35 bits per heavy atom. The minimum absolute atomic E-state index is 0.0994. The van der Waals surface area contributed by atoms with Crippen molar-refractivity contribution in [1.82, 2.24) is 9.80 Å². The molecule has 1 unspecified atom stereocenters. The number of carboxylic acids is 1. The van der Waals surface area contributed by atoms with Crippen LogP contribution in [0, 0.1) is 17.3 Å². The van der Waals surface area contributed by atoms with Crippen LogP contribution in [0.25, 0.3) is 0 Å². The first kappa shape index (κ1) is 15.3. The lowest BCUT2D eigenvalue weighted by atomic mass is 9.88. The van der Waals surface area contributed by atoms with E-state index in [1.165, 1.54) is 0 Å². The van der Waals surface area contributed by atoms with Gasteiger partial charge in [0.1, 0.15) is 0 Å². The number of nitrogens with zero attached hydrogens (tertiary/aromatic N) is 2. The fraction of sp³-hybridized carbons (Fsp3) is 0.867. The Hall–Kier alpha value is -1.10. The van der Waals surface area contributed by atoms with Crippen molar-refractivity contribution < 1.29 is 14.7 Å². The van der Waals surface area contributed by atoms with Gasteiger partial charge in [-0.1, -0.05) is 6.42 Å². The normalized spacial score (nSPS) is 28.9. The second-order valence-corrected chi connectivity index (χ2v) is 7.03. The predicted octanol–water partition coefficient (Wildman–Crippen LogP) is 1.29. The lowest BCUT2D eigenvalue weighted by molar-refractivity contribution is -0.149. The molecule has 2 fully saturated rings. The summed E-state index contributed by atoms with van der Waals surface area (Å²) in [6, 6.07) is 0. The maximum absolute atomic E-state index is 12.5. The summed E-state index contributed by atoms with van der Waals surface area (Å²) in [4.78, 5) is 27.9. The molecular formula is C15H26N2O3. The molecule has 2 atom stereocenters. The third kappa shape index (κ3) is 3.14. The van der Waals surface area contributed by atoms with Gasteiger partial charge in [-0.05, 0) is 40.3 Å². The summed E-state index contributed by atoms with van der Waals surface area (Å²) >= 11 is 0. The summed E-state index contributed by atoms with van der Waals surface area (Å²) in [6.07, 6.45) is 3.20. The van der Waals surface area contributed by atoms with E-state index < -0.39 is 11.4 Å². The Morgan fingerprint density at radius 3 is 2.70 bits per heavy atom. The Kier molecular flexibility index (Phi) is 4.37. The summed E-state index contributed by atoms with van der Waals surface area (Å²) in [6.45, 7) is 6.45. The number of hydrogen-bond acceptors (Lipinski definition) is 3. The van der Waals surface area contributed by atoms with Crippen LogP contribution in [0.5, 0.6) is 0 Å². The van der Waals surface area contributed by atoms with Gasteiger partial charge in [-0.3, -0.25) is 9.59 Å². The maximum atomic E-state index is 12.5. The van der Waals surface area contributed by atoms with Crippen molar-refractivity contribution in [2.45, 2.75) is 33.1 Å². The number of carbonyl (C=O) groups is 2. The number of carboxylic acid groups (broad SMARTS) is 1. The smallest absolute Gasteiger partial charge is 0.310 e. The second-order valence-electron chi connectivity index (χ2n) is 7.03. The van der Waals surface area contributed by atoms with Crippen molar-refractivity contribution in [3.8, 4) is 0 Å². The third-order valence-corrected chi connectivity index (χ3v) is 4.67. The van der Waals surface area contributed by atoms with Gasteiger partial charge >= 0.3 is 5.97 Å². The van der Waals surface area contributed by atoms with E-state index in [-0.39, 0.29) is 11.8 Å². The van der Waals surface area contributed by atoms with Crippen molar-refractivity contribution in [3.05, 3.63) is 0 Å². The molecule has 2 saturated heterocycles. The van der Waals surface area contributed by atoms with Crippen LogP contribution in [-0.2, 0) is 9.59 Å². The van der Waals surface area contributed by atoms with Crippen LogP contribution in [0.4, 0.5) is 0 Å². The van der Waals surface area contributed by atoms with Crippen LogP contribution in [0.1, 0.15) is 33.1 Å². The second kappa shape index (κ2) is 5.72. The summed E-state index contributed by atoms with van der Waals surface area (Å²) in [5.74, 6) is -0.217. The van der Waals surface area contributed by atoms with Crippen LogP contribution >= 0.6 is 0 Å². The van der Waals surface area contributed by atoms with Crippen molar-refractivity contribution in [2.75, 3.05) is 33.2 Å². The monoisotopic (exact) mass is 282 g/mol. The van der Waals surface area contributed by atoms with Gasteiger partial charge in [0, 0.05) is 31.5 Å². The molecule has 0 saturated carbocycles. The first-order valence-electron chi connectivity index (χ1n) is 7.52. The van der Waals surface area contributed by atoms with Crippen molar-refractivity contribution in [3.63, 3.8) is 0 Å². The molecule has 1 N–H and O–H groups in total. The highest BCUT2D eigenvalue weighted by Crippen LogP contribution is 2.33. The summed E-state index contributed by atoms with van der Waals surface area (Å²) in [7, 11) is 2.11. The van der Waals surface area contributed by atoms with E-state index in [2.05, 4.69) is 11.9 Å². The predicted molar refractivity (Wildman–Crippen MR) is 76.3 cm³/mol. The van der Waals surface area contributed by atoms with E-state index in [9.17, 15) is 14.7 Å². The molecule has 2 aliphatic rings. The lowest BCUT2D eigenvalue weighted by Crippen LogP contribution is -2.40. The highest BCUT2D eigenvalue weighted by atomic mass is 16.4. The van der Waals surface area contributed by atoms with Crippen LogP contribution in [0.15, 0.2) is 0 Å². The Morgan fingerprint density at radius 2 is 2.05 bits per heavy atom. The van der Waals surface area contributed by atoms with E-state index in [1.54, 1.807) is 18.7 Å². The zero-order valence-electron chi connectivity index (χ0n) is 12.8. The van der Waals surface area contributed by atoms with Gasteiger partial charge in [0.05, 0.1) is 5.41 Å². The molecule has 1 amide bonds. The average Bonchev–Trinajstić information content (AvgIpc) is 2.58. The standard InChI is InChI=1S/C15H26N2O3/c1-15(2,14(19)20)10-17-9-11-8-16(3)7-5-4-6-12(11)13(17)18/h11-12H,4-10H2,1-3H3,(H,19,20)/t11-,12?/m0/s1. The molecule has 2 rings (SSSR count). The van der Waals surface area contributed by atoms with Gasteiger partial charge in [-0.15, -0.1) is 0 Å². The molecule has 0 radical (unpaired) electrons. The van der Waals surface area contributed by atoms with Crippen LogP contribution in [0.3, 0.4) is 0 Å². The number of amides is 1. The summed E-state index contributed by atoms with van der Waals surface area (Å²) in [5, 5.41) is 9.23. The van der Waals surface area contributed by atoms with E-state index >= 15 is 0 Å². The molecular weight excluding hydrogens is 256 g/mol. The third-order valence-electron chi connectivity index (χ3n) is 4.67. The molecule has 0 aliphatic carbocycles. The van der Waals surface area contributed by atoms with Crippen LogP contribution < -0.4 is 0 Å². The highest BCUT2D eigenvalue weighted by molar-refractivity contribution is 5.82. The molecule has 0 aromatic carbocycles. The SMILES string of the molecule is CN1CCCCC2C(=O)N(CC(C)(C)C(=O)O)C[C@@H]2C1. The van der Waals surface area contributed by atoms with Gasteiger partial charge in [-0.25, -0.2) is 0 Å². The molecule has 0 bridgehead atoms. The molecule has 2 aliphatic heterocycles. The fourth-order valence-electron chi connectivity index (χ4n) is 3.41. The number of rotatable bonds is 3. The highest BCUT2D eigenvalue weighted by Gasteiger charge is 2.43. The van der Waals surface area contributed by atoms with Gasteiger partial charge in [0.15, 0.2) is 0 Å². The van der Waals surface area contributed by atoms with E-state index in [0.717, 1.165) is 32.4 Å². The topological polar surface area (TPSA) is 60.9 Å². The molecule has 2 heterocycles. The largest absolute Gasteiger partial charge is 0.481 e. The minimum atomic E-state index is -0.874. The maximum Gasteiger partial charge on any atom is 0.310 e. The molecule has 0 aromatic heterocycles. The molecule has 114 valence electrons. The number of aliphatic carboxylic acids is 1. The minimum Gasteiger partial charge on any atom is -0.481 e. The van der Waals surface area contributed by atoms with Crippen LogP contribution in [-0.4, -0.2) is 60.0 Å². The zero-order chi connectivity index (χ0) is 14.9. The Labute approximate surface area is 120 Å². The molecule has 0 spiro atoms. The van der Waals surface area contributed by atoms with Crippen LogP contribution in [0.2, 0.25) is 0 Å². The van der Waals surface area contributed by atoms with E-state index in [1.807, 2.05) is 0 Å². The van der Waals surface area contributed by atoms with Crippen molar-refractivity contribution >= 4 is 11.9 Å². The van der Waals surface area contributed by atoms with Gasteiger partial charge in [0.2, 0.25) is 5.91 Å². The zero-order valence-corrected chi connectivity index (χ0v) is 12.8. The lowest BCUT2D eigenvalue weighted by Gasteiger charge is -2.27. The number of carbonyl (C=O) groups excluding carboxylic acids is 1. The molecule has 20 heavy (non-hydrogen) atoms. The van der Waals surface area contributed by atoms with E-state index in [4.69, 9.17) is 0 Å². The number of likely N-dealkylation sites (tertiary alicyclic amines) is 2. The molecule has 5 heteroatoms. The number of fused-ring (bicyclic) bond motifs is 1. The van der Waals surface area contributed by atoms with Crippen molar-refractivity contribution in [2.24, 2.45) is 17.3 Å². The Bertz CT molecular complexity index is 395. The summed E-state index contributed by atoms with van der Waals surface area (Å²) in [5.41, 5.74) is -0.874.